The molecular weight excluding hydrogens is 298 g/mol. The highest BCUT2D eigenvalue weighted by atomic mass is 35.5. The summed E-state index contributed by atoms with van der Waals surface area (Å²) in [4.78, 5) is 14.8. The molecule has 1 heterocycles. The molecule has 1 aliphatic heterocycles. The highest BCUT2D eigenvalue weighted by molar-refractivity contribution is 5.85. The average molecular weight is 332 g/mol. The SMILES string of the molecule is CCCN(CC(=O)NC1CCC(C)CC1)C1CCNCC1.Cl. The molecule has 0 aromatic rings. The largest absolute Gasteiger partial charge is 0.352 e. The van der Waals surface area contributed by atoms with Crippen molar-refractivity contribution in [2.24, 2.45) is 5.92 Å². The van der Waals surface area contributed by atoms with Gasteiger partial charge in [-0.3, -0.25) is 9.69 Å². The molecule has 1 aliphatic carbocycles. The maximum absolute atomic E-state index is 12.4. The lowest BCUT2D eigenvalue weighted by molar-refractivity contribution is -0.124. The second-order valence-electron chi connectivity index (χ2n) is 6.98. The van der Waals surface area contributed by atoms with Crippen molar-refractivity contribution >= 4 is 18.3 Å². The molecule has 2 aliphatic rings. The van der Waals surface area contributed by atoms with Crippen molar-refractivity contribution in [2.75, 3.05) is 26.2 Å². The third kappa shape index (κ3) is 6.43. The molecule has 2 fully saturated rings. The molecule has 22 heavy (non-hydrogen) atoms. The Bertz CT molecular complexity index is 313. The van der Waals surface area contributed by atoms with E-state index in [4.69, 9.17) is 0 Å². The molecule has 1 saturated heterocycles. The van der Waals surface area contributed by atoms with E-state index in [1.807, 2.05) is 0 Å². The van der Waals surface area contributed by atoms with Crippen molar-refractivity contribution < 1.29 is 4.79 Å². The van der Waals surface area contributed by atoms with E-state index in [-0.39, 0.29) is 18.3 Å². The van der Waals surface area contributed by atoms with E-state index in [1.165, 1.54) is 25.7 Å². The third-order valence-corrected chi connectivity index (χ3v) is 5.06. The Morgan fingerprint density at radius 1 is 1.14 bits per heavy atom. The summed E-state index contributed by atoms with van der Waals surface area (Å²) >= 11 is 0. The Morgan fingerprint density at radius 3 is 2.36 bits per heavy atom. The fourth-order valence-electron chi connectivity index (χ4n) is 3.71. The van der Waals surface area contributed by atoms with Gasteiger partial charge in [0.05, 0.1) is 6.54 Å². The maximum atomic E-state index is 12.4. The third-order valence-electron chi connectivity index (χ3n) is 5.06. The van der Waals surface area contributed by atoms with E-state index >= 15 is 0 Å². The molecule has 0 spiro atoms. The van der Waals surface area contributed by atoms with Crippen molar-refractivity contribution in [1.82, 2.24) is 15.5 Å². The smallest absolute Gasteiger partial charge is 0.234 e. The Balaban J connectivity index is 0.00000242. The Kier molecular flexibility index (Phi) is 9.37. The number of nitrogens with zero attached hydrogens (tertiary/aromatic N) is 1. The van der Waals surface area contributed by atoms with E-state index in [0.717, 1.165) is 44.8 Å². The van der Waals surface area contributed by atoms with Gasteiger partial charge in [-0.2, -0.15) is 0 Å². The molecule has 0 aromatic carbocycles. The number of nitrogens with one attached hydrogen (secondary N) is 2. The van der Waals surface area contributed by atoms with E-state index in [9.17, 15) is 4.79 Å². The summed E-state index contributed by atoms with van der Waals surface area (Å²) in [6.07, 6.45) is 8.32. The number of carbonyl (C=O) groups is 1. The van der Waals surface area contributed by atoms with Gasteiger partial charge in [-0.1, -0.05) is 13.8 Å². The molecule has 0 bridgehead atoms. The minimum atomic E-state index is 0. The van der Waals surface area contributed by atoms with E-state index < -0.39 is 0 Å². The second-order valence-corrected chi connectivity index (χ2v) is 6.98. The predicted molar refractivity (Wildman–Crippen MR) is 94.6 cm³/mol. The minimum absolute atomic E-state index is 0. The predicted octanol–water partition coefficient (Wildman–Crippen LogP) is 2.57. The van der Waals surface area contributed by atoms with Crippen LogP contribution in [0, 0.1) is 5.92 Å². The van der Waals surface area contributed by atoms with Gasteiger partial charge >= 0.3 is 0 Å². The van der Waals surface area contributed by atoms with Gasteiger partial charge in [0.2, 0.25) is 5.91 Å². The van der Waals surface area contributed by atoms with Crippen molar-refractivity contribution in [1.29, 1.82) is 0 Å². The van der Waals surface area contributed by atoms with Gasteiger partial charge in [0, 0.05) is 12.1 Å². The molecule has 4 nitrogen and oxygen atoms in total. The summed E-state index contributed by atoms with van der Waals surface area (Å²) in [7, 11) is 0. The maximum Gasteiger partial charge on any atom is 0.234 e. The van der Waals surface area contributed by atoms with E-state index in [0.29, 0.717) is 18.6 Å². The zero-order valence-electron chi connectivity index (χ0n) is 14.3. The first-order valence-corrected chi connectivity index (χ1v) is 8.93. The van der Waals surface area contributed by atoms with Gasteiger partial charge in [-0.25, -0.2) is 0 Å². The summed E-state index contributed by atoms with van der Waals surface area (Å²) < 4.78 is 0. The molecule has 2 N–H and O–H groups in total. The van der Waals surface area contributed by atoms with Crippen molar-refractivity contribution in [3.8, 4) is 0 Å². The second kappa shape index (κ2) is 10.5. The summed E-state index contributed by atoms with van der Waals surface area (Å²) in [6, 6.07) is 1.01. The monoisotopic (exact) mass is 331 g/mol. The van der Waals surface area contributed by atoms with Gasteiger partial charge in [0.25, 0.3) is 0 Å². The molecule has 0 unspecified atom stereocenters. The van der Waals surface area contributed by atoms with Crippen LogP contribution in [-0.4, -0.2) is 49.1 Å². The number of hydrogen-bond donors (Lipinski definition) is 2. The molecular formula is C17H34ClN3O. The number of piperidine rings is 1. The number of amides is 1. The fourth-order valence-corrected chi connectivity index (χ4v) is 3.71. The van der Waals surface area contributed by atoms with Crippen molar-refractivity contribution in [3.63, 3.8) is 0 Å². The molecule has 0 aromatic heterocycles. The summed E-state index contributed by atoms with van der Waals surface area (Å²) in [5.74, 6) is 1.08. The zero-order chi connectivity index (χ0) is 15.1. The van der Waals surface area contributed by atoms with Crippen LogP contribution in [0.5, 0.6) is 0 Å². The first-order chi connectivity index (χ1) is 10.2. The van der Waals surface area contributed by atoms with Gasteiger partial charge in [-0.05, 0) is 70.5 Å². The molecule has 130 valence electrons. The molecule has 0 atom stereocenters. The minimum Gasteiger partial charge on any atom is -0.352 e. The summed E-state index contributed by atoms with van der Waals surface area (Å²) in [5, 5.41) is 6.68. The number of halogens is 1. The quantitative estimate of drug-likeness (QED) is 0.786. The lowest BCUT2D eigenvalue weighted by Crippen LogP contribution is -2.49. The van der Waals surface area contributed by atoms with Crippen LogP contribution >= 0.6 is 12.4 Å². The molecule has 5 heteroatoms. The van der Waals surface area contributed by atoms with Crippen LogP contribution in [-0.2, 0) is 4.79 Å². The van der Waals surface area contributed by atoms with Crippen molar-refractivity contribution in [3.05, 3.63) is 0 Å². The number of rotatable bonds is 6. The number of hydrogen-bond acceptors (Lipinski definition) is 3. The van der Waals surface area contributed by atoms with Crippen LogP contribution in [0.4, 0.5) is 0 Å². The Hall–Kier alpha value is -0.320. The topological polar surface area (TPSA) is 44.4 Å². The average Bonchev–Trinajstić information content (AvgIpc) is 2.50. The zero-order valence-corrected chi connectivity index (χ0v) is 15.1. The molecule has 0 radical (unpaired) electrons. The summed E-state index contributed by atoms with van der Waals surface area (Å²) in [6.45, 7) is 8.33. The van der Waals surface area contributed by atoms with Crippen LogP contribution in [0.3, 0.4) is 0 Å². The van der Waals surface area contributed by atoms with Gasteiger partial charge in [0.1, 0.15) is 0 Å². The fraction of sp³-hybridized carbons (Fsp3) is 0.941. The highest BCUT2D eigenvalue weighted by Gasteiger charge is 2.24. The van der Waals surface area contributed by atoms with Crippen LogP contribution in [0.2, 0.25) is 0 Å². The highest BCUT2D eigenvalue weighted by Crippen LogP contribution is 2.23. The van der Waals surface area contributed by atoms with Gasteiger partial charge in [-0.15, -0.1) is 12.4 Å². The van der Waals surface area contributed by atoms with Gasteiger partial charge < -0.3 is 10.6 Å². The standard InChI is InChI=1S/C17H33N3O.ClH/c1-3-12-20(16-8-10-18-11-9-16)13-17(21)19-15-6-4-14(2)5-7-15;/h14-16,18H,3-13H2,1-2H3,(H,19,21);1H. The van der Waals surface area contributed by atoms with Crippen LogP contribution in [0.25, 0.3) is 0 Å². The Morgan fingerprint density at radius 2 is 1.77 bits per heavy atom. The van der Waals surface area contributed by atoms with E-state index in [1.54, 1.807) is 0 Å². The Labute approximate surface area is 142 Å². The van der Waals surface area contributed by atoms with Crippen LogP contribution in [0.15, 0.2) is 0 Å². The molecule has 2 rings (SSSR count). The van der Waals surface area contributed by atoms with E-state index in [2.05, 4.69) is 29.4 Å². The lowest BCUT2D eigenvalue weighted by atomic mass is 9.87. The summed E-state index contributed by atoms with van der Waals surface area (Å²) in [5.41, 5.74) is 0. The first-order valence-electron chi connectivity index (χ1n) is 8.93. The molecule has 1 saturated carbocycles. The first kappa shape index (κ1) is 19.7. The van der Waals surface area contributed by atoms with Crippen LogP contribution < -0.4 is 10.6 Å². The van der Waals surface area contributed by atoms with Crippen LogP contribution in [0.1, 0.15) is 58.8 Å². The number of carbonyl (C=O) groups excluding carboxylic acids is 1. The molecule has 1 amide bonds. The lowest BCUT2D eigenvalue weighted by Gasteiger charge is -2.35. The van der Waals surface area contributed by atoms with Crippen molar-refractivity contribution in [2.45, 2.75) is 70.9 Å². The van der Waals surface area contributed by atoms with Gasteiger partial charge in [0.15, 0.2) is 0 Å². The normalized spacial score (nSPS) is 26.5.